The second kappa shape index (κ2) is 10.3. The largest absolute Gasteiger partial charge is 0.416 e. The third-order valence-electron chi connectivity index (χ3n) is 6.50. The number of benzene rings is 2. The van der Waals surface area contributed by atoms with Crippen LogP contribution in [0.5, 0.6) is 0 Å². The molecule has 1 aliphatic rings. The highest BCUT2D eigenvalue weighted by Crippen LogP contribution is 2.36. The molecular formula is C26H27F6N5O. The van der Waals surface area contributed by atoms with Gasteiger partial charge in [-0.3, -0.25) is 4.79 Å². The maximum Gasteiger partial charge on any atom is 0.416 e. The van der Waals surface area contributed by atoms with Gasteiger partial charge in [-0.1, -0.05) is 11.6 Å². The molecule has 0 aliphatic heterocycles. The number of amides is 1. The molecule has 12 heteroatoms. The Morgan fingerprint density at radius 2 is 1.45 bits per heavy atom. The van der Waals surface area contributed by atoms with Gasteiger partial charge in [0.1, 0.15) is 5.82 Å². The monoisotopic (exact) mass is 539 g/mol. The standard InChI is InChI=1S/C26H27F6N5O/c1-14-4-9-21-20(10-14)22(37(2)3)36-24(35-21)34-19-7-5-18(6-8-19)33-23(38)15-11-16(25(27,28)29)13-17(12-15)26(30,31)32/h4,9-13,18-19H,5-8H2,1-3H3,(H,33,38)(H,34,35,36). The van der Waals surface area contributed by atoms with Gasteiger partial charge in [0, 0.05) is 37.1 Å². The van der Waals surface area contributed by atoms with E-state index in [2.05, 4.69) is 20.6 Å². The predicted octanol–water partition coefficient (Wildman–Crippen LogP) is 6.19. The highest BCUT2D eigenvalue weighted by molar-refractivity contribution is 5.95. The first-order valence-electron chi connectivity index (χ1n) is 12.0. The van der Waals surface area contributed by atoms with E-state index in [0.29, 0.717) is 43.8 Å². The van der Waals surface area contributed by atoms with Crippen molar-refractivity contribution in [2.24, 2.45) is 0 Å². The van der Waals surface area contributed by atoms with Gasteiger partial charge in [0.15, 0.2) is 0 Å². The second-order valence-corrected chi connectivity index (χ2v) is 9.75. The molecular weight excluding hydrogens is 512 g/mol. The zero-order chi connectivity index (χ0) is 27.8. The number of hydrogen-bond acceptors (Lipinski definition) is 5. The number of hydrogen-bond donors (Lipinski definition) is 2. The van der Waals surface area contributed by atoms with Gasteiger partial charge in [0.05, 0.1) is 16.6 Å². The van der Waals surface area contributed by atoms with E-state index in [4.69, 9.17) is 0 Å². The van der Waals surface area contributed by atoms with Crippen molar-refractivity contribution >= 4 is 28.6 Å². The van der Waals surface area contributed by atoms with Gasteiger partial charge >= 0.3 is 12.4 Å². The first kappa shape index (κ1) is 27.5. The number of nitrogens with zero attached hydrogens (tertiary/aromatic N) is 3. The van der Waals surface area contributed by atoms with Crippen LogP contribution in [0.15, 0.2) is 36.4 Å². The lowest BCUT2D eigenvalue weighted by Gasteiger charge is -2.30. The molecule has 0 spiro atoms. The molecule has 0 unspecified atom stereocenters. The van der Waals surface area contributed by atoms with Crippen LogP contribution in [0.25, 0.3) is 10.9 Å². The molecule has 204 valence electrons. The fraction of sp³-hybridized carbons (Fsp3) is 0.423. The average Bonchev–Trinajstić information content (AvgIpc) is 2.83. The molecule has 1 amide bonds. The topological polar surface area (TPSA) is 70.1 Å². The lowest BCUT2D eigenvalue weighted by atomic mass is 9.91. The number of nitrogens with one attached hydrogen (secondary N) is 2. The molecule has 1 saturated carbocycles. The molecule has 38 heavy (non-hydrogen) atoms. The lowest BCUT2D eigenvalue weighted by Crippen LogP contribution is -2.40. The van der Waals surface area contributed by atoms with Crippen molar-refractivity contribution in [2.75, 3.05) is 24.3 Å². The Bertz CT molecular complexity index is 1300. The van der Waals surface area contributed by atoms with Crippen LogP contribution in [0.1, 0.15) is 52.7 Å². The van der Waals surface area contributed by atoms with Crippen LogP contribution >= 0.6 is 0 Å². The fourth-order valence-corrected chi connectivity index (χ4v) is 4.55. The van der Waals surface area contributed by atoms with Gasteiger partial charge in [-0.15, -0.1) is 0 Å². The number of aromatic nitrogens is 2. The Morgan fingerprint density at radius 1 is 0.868 bits per heavy atom. The molecule has 0 radical (unpaired) electrons. The van der Waals surface area contributed by atoms with Gasteiger partial charge < -0.3 is 15.5 Å². The molecule has 1 fully saturated rings. The van der Waals surface area contributed by atoms with Crippen LogP contribution in [-0.2, 0) is 12.4 Å². The van der Waals surface area contributed by atoms with Gasteiger partial charge in [-0.2, -0.15) is 31.3 Å². The van der Waals surface area contributed by atoms with Gasteiger partial charge in [-0.05, 0) is 62.9 Å². The van der Waals surface area contributed by atoms with Crippen molar-refractivity contribution in [1.29, 1.82) is 0 Å². The Morgan fingerprint density at radius 3 is 2.00 bits per heavy atom. The van der Waals surface area contributed by atoms with E-state index in [-0.39, 0.29) is 18.2 Å². The number of rotatable bonds is 5. The number of fused-ring (bicyclic) bond motifs is 1. The first-order chi connectivity index (χ1) is 17.7. The summed E-state index contributed by atoms with van der Waals surface area (Å²) >= 11 is 0. The Hall–Kier alpha value is -3.57. The molecule has 6 nitrogen and oxygen atoms in total. The van der Waals surface area contributed by atoms with E-state index >= 15 is 0 Å². The third kappa shape index (κ3) is 6.28. The fourth-order valence-electron chi connectivity index (χ4n) is 4.55. The SMILES string of the molecule is Cc1ccc2nc(NC3CCC(NC(=O)c4cc(C(F)(F)F)cc(C(F)(F)F)c4)CC3)nc(N(C)C)c2c1. The van der Waals surface area contributed by atoms with Crippen molar-refractivity contribution in [3.63, 3.8) is 0 Å². The van der Waals surface area contributed by atoms with Crippen LogP contribution in [-0.4, -0.2) is 42.1 Å². The van der Waals surface area contributed by atoms with E-state index < -0.39 is 35.0 Å². The van der Waals surface area contributed by atoms with E-state index in [0.717, 1.165) is 22.3 Å². The van der Waals surface area contributed by atoms with Crippen molar-refractivity contribution in [3.05, 3.63) is 58.7 Å². The zero-order valence-corrected chi connectivity index (χ0v) is 21.0. The lowest BCUT2D eigenvalue weighted by molar-refractivity contribution is -0.143. The maximum atomic E-state index is 13.1. The van der Waals surface area contributed by atoms with E-state index in [1.807, 2.05) is 44.1 Å². The summed E-state index contributed by atoms with van der Waals surface area (Å²) in [4.78, 5) is 23.8. The number of halogens is 6. The summed E-state index contributed by atoms with van der Waals surface area (Å²) < 4.78 is 78.8. The van der Waals surface area contributed by atoms with Crippen LogP contribution in [0.4, 0.5) is 38.1 Å². The second-order valence-electron chi connectivity index (χ2n) is 9.75. The number of carbonyl (C=O) groups excluding carboxylic acids is 1. The molecule has 0 bridgehead atoms. The van der Waals surface area contributed by atoms with Crippen LogP contribution in [0.2, 0.25) is 0 Å². The van der Waals surface area contributed by atoms with Crippen LogP contribution in [0.3, 0.4) is 0 Å². The van der Waals surface area contributed by atoms with Crippen LogP contribution < -0.4 is 15.5 Å². The minimum Gasteiger partial charge on any atom is -0.362 e. The quantitative estimate of drug-likeness (QED) is 0.378. The molecule has 2 N–H and O–H groups in total. The summed E-state index contributed by atoms with van der Waals surface area (Å²) in [6.45, 7) is 1.99. The number of anilines is 2. The van der Waals surface area contributed by atoms with E-state index in [1.165, 1.54) is 0 Å². The normalized spacial score (nSPS) is 18.3. The summed E-state index contributed by atoms with van der Waals surface area (Å²) in [5.41, 5.74) is -1.84. The van der Waals surface area contributed by atoms with Crippen molar-refractivity contribution in [2.45, 2.75) is 57.0 Å². The van der Waals surface area contributed by atoms with Crippen LogP contribution in [0, 0.1) is 6.92 Å². The Kier molecular flexibility index (Phi) is 7.44. The van der Waals surface area contributed by atoms with Gasteiger partial charge in [0.2, 0.25) is 5.95 Å². The Balaban J connectivity index is 1.42. The number of carbonyl (C=O) groups is 1. The van der Waals surface area contributed by atoms with Crippen molar-refractivity contribution in [1.82, 2.24) is 15.3 Å². The molecule has 1 aromatic heterocycles. The highest BCUT2D eigenvalue weighted by atomic mass is 19.4. The summed E-state index contributed by atoms with van der Waals surface area (Å²) in [6.07, 6.45) is -7.85. The molecule has 0 saturated heterocycles. The molecule has 1 heterocycles. The number of alkyl halides is 6. The molecule has 3 aromatic rings. The molecule has 2 aromatic carbocycles. The third-order valence-corrected chi connectivity index (χ3v) is 6.50. The highest BCUT2D eigenvalue weighted by Gasteiger charge is 2.37. The average molecular weight is 540 g/mol. The minimum absolute atomic E-state index is 0.00535. The van der Waals surface area contributed by atoms with E-state index in [9.17, 15) is 31.1 Å². The molecule has 1 aliphatic carbocycles. The summed E-state index contributed by atoms with van der Waals surface area (Å²) in [7, 11) is 3.79. The van der Waals surface area contributed by atoms with Gasteiger partial charge in [0.25, 0.3) is 5.91 Å². The van der Waals surface area contributed by atoms with Crippen molar-refractivity contribution in [3.8, 4) is 0 Å². The summed E-state index contributed by atoms with van der Waals surface area (Å²) in [6, 6.07) is 6.41. The van der Waals surface area contributed by atoms with Gasteiger partial charge in [-0.25, -0.2) is 4.98 Å². The molecule has 4 rings (SSSR count). The predicted molar refractivity (Wildman–Crippen MR) is 132 cm³/mol. The maximum absolute atomic E-state index is 13.1. The number of aryl methyl sites for hydroxylation is 1. The Labute approximate surface area is 215 Å². The molecule has 0 atom stereocenters. The summed E-state index contributed by atoms with van der Waals surface area (Å²) in [5, 5.41) is 6.84. The smallest absolute Gasteiger partial charge is 0.362 e. The zero-order valence-electron chi connectivity index (χ0n) is 21.0. The first-order valence-corrected chi connectivity index (χ1v) is 12.0. The van der Waals surface area contributed by atoms with Crippen molar-refractivity contribution < 1.29 is 31.1 Å². The van der Waals surface area contributed by atoms with E-state index in [1.54, 1.807) is 0 Å². The summed E-state index contributed by atoms with van der Waals surface area (Å²) in [5.74, 6) is 0.254. The minimum atomic E-state index is -5.02.